The van der Waals surface area contributed by atoms with Crippen molar-refractivity contribution < 1.29 is 24.2 Å². The van der Waals surface area contributed by atoms with Crippen LogP contribution in [0, 0.1) is 5.92 Å². The highest BCUT2D eigenvalue weighted by atomic mass is 16.5. The number of benzene rings is 2. The molecule has 1 unspecified atom stereocenters. The minimum Gasteiger partial charge on any atom is -0.481 e. The van der Waals surface area contributed by atoms with Crippen molar-refractivity contribution in [2.45, 2.75) is 31.2 Å². The second-order valence-corrected chi connectivity index (χ2v) is 8.13. The van der Waals surface area contributed by atoms with E-state index < -0.39 is 30.4 Å². The van der Waals surface area contributed by atoms with E-state index in [0.717, 1.165) is 35.1 Å². The van der Waals surface area contributed by atoms with Crippen LogP contribution in [0.15, 0.2) is 60.7 Å². The van der Waals surface area contributed by atoms with Crippen molar-refractivity contribution in [3.8, 4) is 11.1 Å². The molecule has 166 valence electrons. The zero-order chi connectivity index (χ0) is 22.5. The van der Waals surface area contributed by atoms with Crippen molar-refractivity contribution in [2.24, 2.45) is 5.92 Å². The van der Waals surface area contributed by atoms with E-state index >= 15 is 0 Å². The van der Waals surface area contributed by atoms with Gasteiger partial charge in [0.15, 0.2) is 0 Å². The van der Waals surface area contributed by atoms with E-state index in [1.807, 2.05) is 60.7 Å². The van der Waals surface area contributed by atoms with E-state index in [9.17, 15) is 14.4 Å². The number of nitrogens with one attached hydrogen (secondary N) is 2. The van der Waals surface area contributed by atoms with Gasteiger partial charge in [-0.05, 0) is 41.0 Å². The molecule has 4 rings (SSSR count). The van der Waals surface area contributed by atoms with Gasteiger partial charge >= 0.3 is 12.1 Å². The Balaban J connectivity index is 1.36. The summed E-state index contributed by atoms with van der Waals surface area (Å²) in [5, 5.41) is 14.2. The normalized spacial score (nSPS) is 15.6. The number of fused-ring (bicyclic) bond motifs is 3. The number of carboxylic acid groups (broad SMARTS) is 1. The van der Waals surface area contributed by atoms with Crippen LogP contribution in [0.3, 0.4) is 0 Å². The number of carbonyl (C=O) groups is 3. The van der Waals surface area contributed by atoms with Gasteiger partial charge in [-0.25, -0.2) is 4.79 Å². The first-order valence-electron chi connectivity index (χ1n) is 10.8. The molecule has 0 saturated heterocycles. The number of amides is 2. The van der Waals surface area contributed by atoms with E-state index in [4.69, 9.17) is 9.84 Å². The van der Waals surface area contributed by atoms with Gasteiger partial charge in [0.1, 0.15) is 12.6 Å². The third-order valence-corrected chi connectivity index (χ3v) is 5.76. The Hall–Kier alpha value is -3.61. The van der Waals surface area contributed by atoms with Crippen LogP contribution in [-0.2, 0) is 14.3 Å². The SMILES string of the molecule is O=C(O)CC(NC(=O)OCC1c2ccccc2-c2ccccc21)C(=O)NC/C=C/C1CC1. The quantitative estimate of drug-likeness (QED) is 0.525. The molecule has 1 saturated carbocycles. The van der Waals surface area contributed by atoms with Crippen LogP contribution in [0.25, 0.3) is 11.1 Å². The molecule has 0 aromatic heterocycles. The summed E-state index contributed by atoms with van der Waals surface area (Å²) in [7, 11) is 0. The molecule has 2 aromatic carbocycles. The maximum atomic E-state index is 12.4. The molecule has 2 amide bonds. The molecular formula is C25H26N2O5. The fourth-order valence-corrected chi connectivity index (χ4v) is 4.00. The monoisotopic (exact) mass is 434 g/mol. The number of rotatable bonds is 9. The van der Waals surface area contributed by atoms with E-state index in [1.54, 1.807) is 0 Å². The smallest absolute Gasteiger partial charge is 0.407 e. The van der Waals surface area contributed by atoms with Crippen molar-refractivity contribution >= 4 is 18.0 Å². The fraction of sp³-hybridized carbons (Fsp3) is 0.320. The average molecular weight is 434 g/mol. The van der Waals surface area contributed by atoms with Gasteiger partial charge in [-0.3, -0.25) is 9.59 Å². The number of ether oxygens (including phenoxy) is 1. The molecule has 2 aromatic rings. The molecular weight excluding hydrogens is 408 g/mol. The highest BCUT2D eigenvalue weighted by molar-refractivity contribution is 5.89. The predicted octanol–water partition coefficient (Wildman–Crippen LogP) is 3.45. The number of aliphatic carboxylic acids is 1. The van der Waals surface area contributed by atoms with Crippen LogP contribution >= 0.6 is 0 Å². The molecule has 2 aliphatic rings. The number of carboxylic acids is 1. The highest BCUT2D eigenvalue weighted by Crippen LogP contribution is 2.44. The second-order valence-electron chi connectivity index (χ2n) is 8.13. The Morgan fingerprint density at radius 2 is 1.66 bits per heavy atom. The molecule has 3 N–H and O–H groups in total. The summed E-state index contributed by atoms with van der Waals surface area (Å²) in [5.74, 6) is -1.27. The summed E-state index contributed by atoms with van der Waals surface area (Å²) < 4.78 is 5.43. The summed E-state index contributed by atoms with van der Waals surface area (Å²) in [5.41, 5.74) is 4.37. The van der Waals surface area contributed by atoms with Crippen LogP contribution in [0.1, 0.15) is 36.3 Å². The third-order valence-electron chi connectivity index (χ3n) is 5.76. The van der Waals surface area contributed by atoms with E-state index in [1.165, 1.54) is 0 Å². The maximum Gasteiger partial charge on any atom is 0.407 e. The molecule has 1 fully saturated rings. The van der Waals surface area contributed by atoms with Gasteiger partial charge in [0.05, 0.1) is 6.42 Å². The Kier molecular flexibility index (Phi) is 6.54. The minimum absolute atomic E-state index is 0.0887. The highest BCUT2D eigenvalue weighted by Gasteiger charge is 2.30. The Bertz CT molecular complexity index is 999. The van der Waals surface area contributed by atoms with Crippen LogP contribution < -0.4 is 10.6 Å². The number of hydrogen-bond donors (Lipinski definition) is 3. The van der Waals surface area contributed by atoms with Gasteiger partial charge in [0.25, 0.3) is 0 Å². The minimum atomic E-state index is -1.21. The van der Waals surface area contributed by atoms with E-state index in [0.29, 0.717) is 5.92 Å². The summed E-state index contributed by atoms with van der Waals surface area (Å²) in [6, 6.07) is 14.7. The zero-order valence-electron chi connectivity index (χ0n) is 17.6. The molecule has 0 aliphatic heterocycles. The predicted molar refractivity (Wildman–Crippen MR) is 119 cm³/mol. The molecule has 1 atom stereocenters. The summed E-state index contributed by atoms with van der Waals surface area (Å²) in [6.45, 7) is 0.378. The lowest BCUT2D eigenvalue weighted by molar-refractivity contribution is -0.139. The molecule has 0 spiro atoms. The molecule has 7 nitrogen and oxygen atoms in total. The summed E-state index contributed by atoms with van der Waals surface area (Å²) in [4.78, 5) is 36.0. The molecule has 0 heterocycles. The van der Waals surface area contributed by atoms with Crippen molar-refractivity contribution in [1.29, 1.82) is 0 Å². The van der Waals surface area contributed by atoms with Crippen molar-refractivity contribution in [3.05, 3.63) is 71.8 Å². The number of hydrogen-bond acceptors (Lipinski definition) is 4. The van der Waals surface area contributed by atoms with Crippen molar-refractivity contribution in [3.63, 3.8) is 0 Å². The molecule has 0 radical (unpaired) electrons. The van der Waals surface area contributed by atoms with Crippen LogP contribution in [-0.4, -0.2) is 42.3 Å². The van der Waals surface area contributed by atoms with E-state index in [-0.39, 0.29) is 19.1 Å². The van der Waals surface area contributed by atoms with Gasteiger partial charge in [0, 0.05) is 12.5 Å². The molecule has 0 bridgehead atoms. The maximum absolute atomic E-state index is 12.4. The first-order chi connectivity index (χ1) is 15.5. The largest absolute Gasteiger partial charge is 0.481 e. The standard InChI is InChI=1S/C25H26N2O5/c28-23(29)14-22(24(30)26-13-5-6-16-11-12-16)27-25(31)32-15-21-19-9-3-1-7-17(19)18-8-2-4-10-20(18)21/h1-10,16,21-22H,11-15H2,(H,26,30)(H,27,31)(H,28,29)/b6-5+. The Morgan fingerprint density at radius 1 is 1.03 bits per heavy atom. The number of alkyl carbamates (subject to hydrolysis) is 1. The van der Waals surface area contributed by atoms with Crippen molar-refractivity contribution in [2.75, 3.05) is 13.2 Å². The van der Waals surface area contributed by atoms with E-state index in [2.05, 4.69) is 10.6 Å². The number of allylic oxidation sites excluding steroid dienone is 1. The lowest BCUT2D eigenvalue weighted by atomic mass is 9.98. The Labute approximate surface area is 186 Å². The van der Waals surface area contributed by atoms with Crippen LogP contribution in [0.4, 0.5) is 4.79 Å². The third kappa shape index (κ3) is 5.17. The summed E-state index contributed by atoms with van der Waals surface area (Å²) in [6.07, 6.45) is 4.86. The number of carbonyl (C=O) groups excluding carboxylic acids is 2. The summed E-state index contributed by atoms with van der Waals surface area (Å²) >= 11 is 0. The lowest BCUT2D eigenvalue weighted by Gasteiger charge is -2.18. The van der Waals surface area contributed by atoms with Gasteiger partial charge in [-0.1, -0.05) is 60.7 Å². The topological polar surface area (TPSA) is 105 Å². The van der Waals surface area contributed by atoms with Crippen LogP contribution in [0.5, 0.6) is 0 Å². The molecule has 7 heteroatoms. The first kappa shape index (κ1) is 21.6. The van der Waals surface area contributed by atoms with Gasteiger partial charge in [-0.15, -0.1) is 0 Å². The molecule has 32 heavy (non-hydrogen) atoms. The lowest BCUT2D eigenvalue weighted by Crippen LogP contribution is -2.48. The first-order valence-corrected chi connectivity index (χ1v) is 10.8. The van der Waals surface area contributed by atoms with Gasteiger partial charge in [0.2, 0.25) is 5.91 Å². The van der Waals surface area contributed by atoms with Gasteiger partial charge < -0.3 is 20.5 Å². The Morgan fingerprint density at radius 3 is 2.25 bits per heavy atom. The van der Waals surface area contributed by atoms with Crippen molar-refractivity contribution in [1.82, 2.24) is 10.6 Å². The fourth-order valence-electron chi connectivity index (χ4n) is 4.00. The molecule has 2 aliphatic carbocycles. The average Bonchev–Trinajstić information content (AvgIpc) is 3.56. The second kappa shape index (κ2) is 9.68. The van der Waals surface area contributed by atoms with Crippen LogP contribution in [0.2, 0.25) is 0 Å². The van der Waals surface area contributed by atoms with Gasteiger partial charge in [-0.2, -0.15) is 0 Å². The zero-order valence-corrected chi connectivity index (χ0v) is 17.6.